The van der Waals surface area contributed by atoms with Gasteiger partial charge < -0.3 is 0 Å². The summed E-state index contributed by atoms with van der Waals surface area (Å²) in [5.74, 6) is 0. The predicted octanol–water partition coefficient (Wildman–Crippen LogP) is 4.63. The summed E-state index contributed by atoms with van der Waals surface area (Å²) in [6, 6.07) is 8.51. The maximum Gasteiger partial charge on any atom is 0.223 e. The van der Waals surface area contributed by atoms with Gasteiger partial charge in [-0.05, 0) is 31.0 Å². The first-order valence-electron chi connectivity index (χ1n) is 5.64. The van der Waals surface area contributed by atoms with E-state index in [-0.39, 0.29) is 0 Å². The molecule has 2 heterocycles. The zero-order chi connectivity index (χ0) is 12.7. The normalized spacial score (nSPS) is 11.1. The first-order valence-corrected chi connectivity index (χ1v) is 6.83. The van der Waals surface area contributed by atoms with Crippen LogP contribution in [0.1, 0.15) is 10.4 Å². The monoisotopic (exact) mass is 274 g/mol. The van der Waals surface area contributed by atoms with E-state index in [9.17, 15) is 0 Å². The molecule has 0 N–H and O–H groups in total. The van der Waals surface area contributed by atoms with E-state index in [1.54, 1.807) is 11.3 Å². The summed E-state index contributed by atoms with van der Waals surface area (Å²) < 4.78 is 0. The second-order valence-electron chi connectivity index (χ2n) is 4.26. The molecule has 90 valence electrons. The van der Waals surface area contributed by atoms with E-state index in [0.29, 0.717) is 5.28 Å². The Hall–Kier alpha value is -1.45. The van der Waals surface area contributed by atoms with Crippen LogP contribution in [0.25, 0.3) is 21.3 Å². The van der Waals surface area contributed by atoms with E-state index in [2.05, 4.69) is 48.1 Å². The summed E-state index contributed by atoms with van der Waals surface area (Å²) in [5.41, 5.74) is 3.68. The molecule has 0 aliphatic carbocycles. The fourth-order valence-electron chi connectivity index (χ4n) is 2.06. The minimum atomic E-state index is 0.305. The molecule has 2 aromatic heterocycles. The third-order valence-corrected chi connectivity index (χ3v) is 4.13. The lowest BCUT2D eigenvalue weighted by molar-refractivity contribution is 1.23. The van der Waals surface area contributed by atoms with Crippen molar-refractivity contribution in [2.75, 3.05) is 0 Å². The molecule has 3 aromatic rings. The van der Waals surface area contributed by atoms with Crippen LogP contribution in [-0.2, 0) is 0 Å². The molecule has 0 radical (unpaired) electrons. The van der Waals surface area contributed by atoms with Gasteiger partial charge in [0.15, 0.2) is 0 Å². The van der Waals surface area contributed by atoms with Crippen LogP contribution in [-0.4, -0.2) is 9.97 Å². The molecule has 0 unspecified atom stereocenters. The quantitative estimate of drug-likeness (QED) is 0.605. The largest absolute Gasteiger partial charge is 0.226 e. The van der Waals surface area contributed by atoms with Gasteiger partial charge in [0, 0.05) is 22.0 Å². The molecule has 0 aliphatic rings. The molecule has 2 nitrogen and oxygen atoms in total. The highest BCUT2D eigenvalue weighted by molar-refractivity contribution is 7.19. The molecule has 0 saturated heterocycles. The van der Waals surface area contributed by atoms with Crippen molar-refractivity contribution in [3.8, 4) is 11.1 Å². The van der Waals surface area contributed by atoms with E-state index in [1.807, 2.05) is 6.20 Å². The van der Waals surface area contributed by atoms with Crippen molar-refractivity contribution in [3.63, 3.8) is 0 Å². The second-order valence-corrected chi connectivity index (χ2v) is 5.80. The van der Waals surface area contributed by atoms with E-state index >= 15 is 0 Å². The van der Waals surface area contributed by atoms with Crippen LogP contribution < -0.4 is 0 Å². The Morgan fingerprint density at radius 2 is 1.83 bits per heavy atom. The molecule has 3 rings (SSSR count). The second kappa shape index (κ2) is 4.34. The zero-order valence-corrected chi connectivity index (χ0v) is 11.6. The molecule has 0 amide bonds. The Morgan fingerprint density at radius 3 is 2.56 bits per heavy atom. The van der Waals surface area contributed by atoms with Crippen molar-refractivity contribution in [1.82, 2.24) is 9.97 Å². The van der Waals surface area contributed by atoms with Gasteiger partial charge in [0.05, 0.1) is 0 Å². The standard InChI is InChI=1S/C14H11ClN2S/c1-8-3-5-10(6-4-8)12-9(2)18-13-11(12)7-16-14(15)17-13/h3-7H,1-2H3. The fourth-order valence-corrected chi connectivity index (χ4v) is 3.26. The van der Waals surface area contributed by atoms with E-state index < -0.39 is 0 Å². The predicted molar refractivity (Wildman–Crippen MR) is 77.3 cm³/mol. The van der Waals surface area contributed by atoms with Crippen molar-refractivity contribution in [3.05, 3.63) is 46.2 Å². The number of aromatic nitrogens is 2. The fraction of sp³-hybridized carbons (Fsp3) is 0.143. The van der Waals surface area contributed by atoms with Crippen molar-refractivity contribution in [1.29, 1.82) is 0 Å². The topological polar surface area (TPSA) is 25.8 Å². The minimum Gasteiger partial charge on any atom is -0.226 e. The minimum absolute atomic E-state index is 0.305. The third-order valence-electron chi connectivity index (χ3n) is 2.94. The smallest absolute Gasteiger partial charge is 0.223 e. The van der Waals surface area contributed by atoms with E-state index in [4.69, 9.17) is 11.6 Å². The van der Waals surface area contributed by atoms with E-state index in [1.165, 1.54) is 21.6 Å². The summed E-state index contributed by atoms with van der Waals surface area (Å²) in [6.07, 6.45) is 1.81. The molecule has 4 heteroatoms. The Kier molecular flexibility index (Phi) is 2.80. The number of hydrogen-bond acceptors (Lipinski definition) is 3. The van der Waals surface area contributed by atoms with Gasteiger partial charge >= 0.3 is 0 Å². The number of halogens is 1. The Labute approximate surface area is 114 Å². The molecular formula is C14H11ClN2S. The Morgan fingerprint density at radius 1 is 1.11 bits per heavy atom. The summed E-state index contributed by atoms with van der Waals surface area (Å²) >= 11 is 7.49. The maximum atomic E-state index is 5.83. The highest BCUT2D eigenvalue weighted by Gasteiger charge is 2.12. The summed E-state index contributed by atoms with van der Waals surface area (Å²) in [7, 11) is 0. The number of hydrogen-bond donors (Lipinski definition) is 0. The zero-order valence-electron chi connectivity index (χ0n) is 10.1. The Bertz CT molecular complexity index is 716. The lowest BCUT2D eigenvalue weighted by Crippen LogP contribution is -1.82. The Balaban J connectivity index is 2.28. The van der Waals surface area contributed by atoms with Crippen LogP contribution in [0.2, 0.25) is 5.28 Å². The van der Waals surface area contributed by atoms with Crippen LogP contribution in [0, 0.1) is 13.8 Å². The van der Waals surface area contributed by atoms with Crippen molar-refractivity contribution in [2.45, 2.75) is 13.8 Å². The van der Waals surface area contributed by atoms with Crippen LogP contribution in [0.5, 0.6) is 0 Å². The van der Waals surface area contributed by atoms with Gasteiger partial charge in [0.25, 0.3) is 0 Å². The average Bonchev–Trinajstić information content (AvgIpc) is 2.65. The van der Waals surface area contributed by atoms with Gasteiger partial charge in [0.1, 0.15) is 4.83 Å². The third kappa shape index (κ3) is 1.89. The van der Waals surface area contributed by atoms with Crippen molar-refractivity contribution in [2.24, 2.45) is 0 Å². The number of benzene rings is 1. The average molecular weight is 275 g/mol. The van der Waals surface area contributed by atoms with Gasteiger partial charge in [-0.2, -0.15) is 0 Å². The molecule has 1 aromatic carbocycles. The van der Waals surface area contributed by atoms with Crippen LogP contribution in [0.4, 0.5) is 0 Å². The number of rotatable bonds is 1. The van der Waals surface area contributed by atoms with Crippen LogP contribution in [0.3, 0.4) is 0 Å². The number of fused-ring (bicyclic) bond motifs is 1. The summed E-state index contributed by atoms with van der Waals surface area (Å²) in [4.78, 5) is 10.5. The maximum absolute atomic E-state index is 5.83. The molecular weight excluding hydrogens is 264 g/mol. The highest BCUT2D eigenvalue weighted by Crippen LogP contribution is 2.37. The number of aryl methyl sites for hydroxylation is 2. The van der Waals surface area contributed by atoms with Crippen molar-refractivity contribution < 1.29 is 0 Å². The molecule has 18 heavy (non-hydrogen) atoms. The highest BCUT2D eigenvalue weighted by atomic mass is 35.5. The molecule has 0 spiro atoms. The van der Waals surface area contributed by atoms with Gasteiger partial charge in [-0.1, -0.05) is 29.8 Å². The number of nitrogens with zero attached hydrogens (tertiary/aromatic N) is 2. The molecule has 0 aliphatic heterocycles. The van der Waals surface area contributed by atoms with Crippen LogP contribution in [0.15, 0.2) is 30.5 Å². The SMILES string of the molecule is Cc1ccc(-c2c(C)sc3nc(Cl)ncc23)cc1. The molecule has 0 bridgehead atoms. The van der Waals surface area contributed by atoms with Gasteiger partial charge in [-0.15, -0.1) is 11.3 Å². The summed E-state index contributed by atoms with van der Waals surface area (Å²) in [5, 5.41) is 1.38. The molecule has 0 fully saturated rings. The van der Waals surface area contributed by atoms with Gasteiger partial charge in [0.2, 0.25) is 5.28 Å². The lowest BCUT2D eigenvalue weighted by Gasteiger charge is -2.02. The summed E-state index contributed by atoms with van der Waals surface area (Å²) in [6.45, 7) is 4.20. The van der Waals surface area contributed by atoms with Gasteiger partial charge in [-0.25, -0.2) is 9.97 Å². The molecule has 0 saturated carbocycles. The van der Waals surface area contributed by atoms with Crippen LogP contribution >= 0.6 is 22.9 Å². The first-order chi connectivity index (χ1) is 8.65. The van der Waals surface area contributed by atoms with Gasteiger partial charge in [-0.3, -0.25) is 0 Å². The van der Waals surface area contributed by atoms with E-state index in [0.717, 1.165) is 10.2 Å². The number of thiophene rings is 1. The van der Waals surface area contributed by atoms with Crippen molar-refractivity contribution >= 4 is 33.2 Å². The first kappa shape index (κ1) is 11.6. The molecule has 0 atom stereocenters. The lowest BCUT2D eigenvalue weighted by atomic mass is 10.0.